The number of carbonyl (C=O) groups excluding carboxylic acids is 2. The molecule has 3 aromatic carbocycles. The summed E-state index contributed by atoms with van der Waals surface area (Å²) < 4.78 is 13.6. The Morgan fingerprint density at radius 1 is 0.938 bits per heavy atom. The van der Waals surface area contributed by atoms with Crippen molar-refractivity contribution in [1.82, 2.24) is 20.8 Å². The Hall–Kier alpha value is -3.65. The Bertz CT molecular complexity index is 1210. The van der Waals surface area contributed by atoms with Gasteiger partial charge in [0.2, 0.25) is 5.91 Å². The third-order valence-corrected chi connectivity index (χ3v) is 5.80. The molecule has 0 bridgehead atoms. The Morgan fingerprint density at radius 2 is 1.69 bits per heavy atom. The topological polar surface area (TPSA) is 86.9 Å². The van der Waals surface area contributed by atoms with Gasteiger partial charge in [0.25, 0.3) is 5.91 Å². The molecular formula is C24H21FN4O2S. The number of aromatic nitrogens is 2. The van der Waals surface area contributed by atoms with E-state index in [0.717, 1.165) is 21.8 Å². The number of H-pyrrole nitrogens is 1. The van der Waals surface area contributed by atoms with E-state index in [0.29, 0.717) is 16.9 Å². The van der Waals surface area contributed by atoms with E-state index in [1.54, 1.807) is 42.1 Å². The third kappa shape index (κ3) is 5.53. The number of para-hydroxylation sites is 2. The lowest BCUT2D eigenvalue weighted by molar-refractivity contribution is -0.121. The van der Waals surface area contributed by atoms with E-state index in [9.17, 15) is 14.0 Å². The number of aromatic amines is 1. The number of amides is 2. The first-order valence-electron chi connectivity index (χ1n) is 10.1. The van der Waals surface area contributed by atoms with E-state index < -0.39 is 5.91 Å². The lowest BCUT2D eigenvalue weighted by Gasteiger charge is -2.08. The van der Waals surface area contributed by atoms with Gasteiger partial charge in [-0.3, -0.25) is 20.4 Å². The second-order valence-electron chi connectivity index (χ2n) is 7.14. The molecule has 0 unspecified atom stereocenters. The van der Waals surface area contributed by atoms with Crippen molar-refractivity contribution in [3.8, 4) is 0 Å². The normalized spacial score (nSPS) is 10.8. The summed E-state index contributed by atoms with van der Waals surface area (Å²) in [6.07, 6.45) is 0.325. The first kappa shape index (κ1) is 21.6. The van der Waals surface area contributed by atoms with Gasteiger partial charge in [-0.1, -0.05) is 54.2 Å². The summed E-state index contributed by atoms with van der Waals surface area (Å²) in [6, 6.07) is 21.3. The van der Waals surface area contributed by atoms with Gasteiger partial charge >= 0.3 is 0 Å². The number of nitrogens with zero attached hydrogens (tertiary/aromatic N) is 1. The predicted octanol–water partition coefficient (Wildman–Crippen LogP) is 4.39. The molecule has 0 radical (unpaired) electrons. The summed E-state index contributed by atoms with van der Waals surface area (Å²) in [5.41, 5.74) is 8.62. The van der Waals surface area contributed by atoms with Crippen molar-refractivity contribution in [3.63, 3.8) is 0 Å². The molecule has 0 atom stereocenters. The monoisotopic (exact) mass is 448 g/mol. The molecule has 0 spiro atoms. The van der Waals surface area contributed by atoms with E-state index in [-0.39, 0.29) is 24.6 Å². The van der Waals surface area contributed by atoms with Gasteiger partial charge < -0.3 is 4.98 Å². The van der Waals surface area contributed by atoms with Crippen LogP contribution in [0.5, 0.6) is 0 Å². The number of imidazole rings is 1. The Labute approximate surface area is 188 Å². The molecule has 4 rings (SSSR count). The van der Waals surface area contributed by atoms with Crippen molar-refractivity contribution < 1.29 is 14.0 Å². The molecular weight excluding hydrogens is 427 g/mol. The summed E-state index contributed by atoms with van der Waals surface area (Å²) in [4.78, 5) is 32.0. The maximum Gasteiger partial charge on any atom is 0.269 e. The maximum atomic E-state index is 13.6. The average molecular weight is 449 g/mol. The number of fused-ring (bicyclic) bond motifs is 1. The van der Waals surface area contributed by atoms with Crippen molar-refractivity contribution >= 4 is 34.6 Å². The lowest BCUT2D eigenvalue weighted by Crippen LogP contribution is -2.41. The van der Waals surface area contributed by atoms with Crippen molar-refractivity contribution in [3.05, 3.63) is 95.3 Å². The lowest BCUT2D eigenvalue weighted by atomic mass is 10.1. The van der Waals surface area contributed by atoms with Crippen molar-refractivity contribution in [2.24, 2.45) is 0 Å². The van der Waals surface area contributed by atoms with Crippen LogP contribution in [-0.4, -0.2) is 21.8 Å². The van der Waals surface area contributed by atoms with Crippen LogP contribution in [0.3, 0.4) is 0 Å². The molecule has 4 aromatic rings. The molecule has 0 aliphatic carbocycles. The van der Waals surface area contributed by atoms with E-state index in [2.05, 4.69) is 20.8 Å². The number of aryl methyl sites for hydroxylation is 1. The minimum atomic E-state index is -0.416. The van der Waals surface area contributed by atoms with Crippen LogP contribution in [0.2, 0.25) is 0 Å². The highest BCUT2D eigenvalue weighted by Gasteiger charge is 2.10. The SMILES string of the molecule is O=C(CCc1ccccc1F)NNC(=O)c1ccc(CSc2nc3ccccc3[nH]2)cc1. The number of halogens is 1. The Kier molecular flexibility index (Phi) is 6.81. The second kappa shape index (κ2) is 10.1. The van der Waals surface area contributed by atoms with E-state index >= 15 is 0 Å². The van der Waals surface area contributed by atoms with Gasteiger partial charge in [-0.05, 0) is 47.9 Å². The summed E-state index contributed by atoms with van der Waals surface area (Å²) in [5.74, 6) is -0.446. The molecule has 6 nitrogen and oxygen atoms in total. The van der Waals surface area contributed by atoms with Crippen LogP contribution in [-0.2, 0) is 17.0 Å². The van der Waals surface area contributed by atoms with E-state index in [1.165, 1.54) is 6.07 Å². The quantitative estimate of drug-likeness (QED) is 0.289. The number of hydrazine groups is 1. The van der Waals surface area contributed by atoms with Crippen LogP contribution in [0.15, 0.2) is 78.0 Å². The van der Waals surface area contributed by atoms with E-state index in [4.69, 9.17) is 0 Å². The molecule has 0 saturated heterocycles. The highest BCUT2D eigenvalue weighted by atomic mass is 32.2. The standard InChI is InChI=1S/C24H21FN4O2S/c25-19-6-2-1-5-17(19)13-14-22(30)28-29-23(31)18-11-9-16(10-12-18)15-32-24-26-20-7-3-4-8-21(20)27-24/h1-12H,13-15H2,(H,26,27)(H,28,30)(H,29,31). The van der Waals surface area contributed by atoms with Crippen molar-refractivity contribution in [2.75, 3.05) is 0 Å². The number of thioether (sulfide) groups is 1. The second-order valence-corrected chi connectivity index (χ2v) is 8.10. The minimum Gasteiger partial charge on any atom is -0.333 e. The van der Waals surface area contributed by atoms with Crippen LogP contribution < -0.4 is 10.9 Å². The van der Waals surface area contributed by atoms with E-state index in [1.807, 2.05) is 36.4 Å². The molecule has 0 aliphatic rings. The number of rotatable bonds is 7. The zero-order chi connectivity index (χ0) is 22.3. The smallest absolute Gasteiger partial charge is 0.269 e. The summed E-state index contributed by atoms with van der Waals surface area (Å²) in [6.45, 7) is 0. The molecule has 0 fully saturated rings. The predicted molar refractivity (Wildman–Crippen MR) is 122 cm³/mol. The third-order valence-electron chi connectivity index (χ3n) is 4.85. The fourth-order valence-corrected chi connectivity index (χ4v) is 3.95. The number of hydrogen-bond donors (Lipinski definition) is 3. The fraction of sp³-hybridized carbons (Fsp3) is 0.125. The highest BCUT2D eigenvalue weighted by molar-refractivity contribution is 7.98. The van der Waals surface area contributed by atoms with Gasteiger partial charge in [-0.25, -0.2) is 9.37 Å². The summed E-state index contributed by atoms with van der Waals surface area (Å²) in [7, 11) is 0. The van der Waals surface area contributed by atoms with Crippen LogP contribution in [0.4, 0.5) is 4.39 Å². The largest absolute Gasteiger partial charge is 0.333 e. The molecule has 0 aliphatic heterocycles. The molecule has 0 saturated carbocycles. The minimum absolute atomic E-state index is 0.0686. The fourth-order valence-electron chi connectivity index (χ4n) is 3.11. The van der Waals surface area contributed by atoms with Crippen LogP contribution in [0.25, 0.3) is 11.0 Å². The van der Waals surface area contributed by atoms with Crippen LogP contribution in [0.1, 0.15) is 27.9 Å². The average Bonchev–Trinajstić information content (AvgIpc) is 3.24. The molecule has 3 N–H and O–H groups in total. The van der Waals surface area contributed by atoms with Crippen molar-refractivity contribution in [2.45, 2.75) is 23.8 Å². The van der Waals surface area contributed by atoms with Gasteiger partial charge in [-0.15, -0.1) is 0 Å². The van der Waals surface area contributed by atoms with Crippen LogP contribution in [0, 0.1) is 5.82 Å². The van der Waals surface area contributed by atoms with Crippen LogP contribution >= 0.6 is 11.8 Å². The molecule has 2 amide bonds. The Morgan fingerprint density at radius 3 is 2.47 bits per heavy atom. The summed E-state index contributed by atoms with van der Waals surface area (Å²) in [5, 5.41) is 0.839. The number of hydrogen-bond acceptors (Lipinski definition) is 4. The maximum absolute atomic E-state index is 13.6. The molecule has 32 heavy (non-hydrogen) atoms. The van der Waals surface area contributed by atoms with Crippen molar-refractivity contribution in [1.29, 1.82) is 0 Å². The molecule has 1 heterocycles. The highest BCUT2D eigenvalue weighted by Crippen LogP contribution is 2.23. The number of benzene rings is 3. The first-order chi connectivity index (χ1) is 15.6. The molecule has 162 valence electrons. The zero-order valence-electron chi connectivity index (χ0n) is 17.1. The van der Waals surface area contributed by atoms with Gasteiger partial charge in [-0.2, -0.15) is 0 Å². The molecule has 1 aromatic heterocycles. The van der Waals surface area contributed by atoms with Gasteiger partial charge in [0.15, 0.2) is 5.16 Å². The molecule has 8 heteroatoms. The van der Waals surface area contributed by atoms with Gasteiger partial charge in [0.1, 0.15) is 5.82 Å². The number of carbonyl (C=O) groups is 2. The van der Waals surface area contributed by atoms with Gasteiger partial charge in [0, 0.05) is 17.7 Å². The zero-order valence-corrected chi connectivity index (χ0v) is 17.9. The first-order valence-corrected chi connectivity index (χ1v) is 11.1. The summed E-state index contributed by atoms with van der Waals surface area (Å²) >= 11 is 1.58. The number of nitrogens with one attached hydrogen (secondary N) is 3. The van der Waals surface area contributed by atoms with Gasteiger partial charge in [0.05, 0.1) is 11.0 Å². The Balaban J connectivity index is 1.23.